The van der Waals surface area contributed by atoms with Gasteiger partial charge in [-0.15, -0.1) is 0 Å². The molecule has 0 unspecified atom stereocenters. The largest absolute Gasteiger partial charge is 0.453 e. The highest BCUT2D eigenvalue weighted by molar-refractivity contribution is 7.85. The molecule has 1 saturated heterocycles. The molecule has 2 rings (SSSR count). The van der Waals surface area contributed by atoms with E-state index in [-0.39, 0.29) is 17.2 Å². The molecule has 0 bridgehead atoms. The molecule has 0 aromatic heterocycles. The molecule has 1 N–H and O–H groups in total. The van der Waals surface area contributed by atoms with Gasteiger partial charge in [-0.25, -0.2) is 4.79 Å². The second-order valence-corrected chi connectivity index (χ2v) is 7.14. The van der Waals surface area contributed by atoms with Crippen LogP contribution in [0.15, 0.2) is 24.3 Å². The predicted molar refractivity (Wildman–Crippen MR) is 85.4 cm³/mol. The van der Waals surface area contributed by atoms with Gasteiger partial charge in [0, 0.05) is 40.4 Å². The van der Waals surface area contributed by atoms with Gasteiger partial charge in [-0.2, -0.15) is 0 Å². The van der Waals surface area contributed by atoms with E-state index < -0.39 is 16.9 Å². The van der Waals surface area contributed by atoms with Crippen molar-refractivity contribution < 1.29 is 18.5 Å². The normalized spacial score (nSPS) is 24.7. The van der Waals surface area contributed by atoms with Gasteiger partial charge < -0.3 is 9.64 Å². The Kier molecular flexibility index (Phi) is 5.18. The molecular weight excluding hydrogens is 304 g/mol. The summed E-state index contributed by atoms with van der Waals surface area (Å²) in [5.74, 6) is 0.377. The highest BCUT2D eigenvalue weighted by atomic mass is 32.2. The van der Waals surface area contributed by atoms with Gasteiger partial charge in [0.2, 0.25) is 0 Å². The maximum Gasteiger partial charge on any atom is 0.411 e. The lowest BCUT2D eigenvalue weighted by Gasteiger charge is -2.37. The van der Waals surface area contributed by atoms with Gasteiger partial charge in [-0.3, -0.25) is 14.3 Å². The second kappa shape index (κ2) is 6.91. The zero-order valence-electron chi connectivity index (χ0n) is 12.9. The maximum atomic E-state index is 12.7. The van der Waals surface area contributed by atoms with Crippen LogP contribution in [-0.4, -0.2) is 51.8 Å². The van der Waals surface area contributed by atoms with Crippen LogP contribution in [0.5, 0.6) is 0 Å². The Hall–Kier alpha value is -1.89. The zero-order chi connectivity index (χ0) is 16.3. The standard InChI is InChI=1S/C15H20N2O4S/c1-10-11(2)22(20)8-7-17(10)14(18)12-5-4-6-13(9-12)16-15(19)21-3/h4-6,9-11H,7-8H2,1-3H3,(H,16,19)/t10-,11+,22+/m1/s1. The van der Waals surface area contributed by atoms with Crippen molar-refractivity contribution in [1.82, 2.24) is 4.90 Å². The lowest BCUT2D eigenvalue weighted by atomic mass is 10.1. The molecule has 1 aromatic rings. The first-order valence-electron chi connectivity index (χ1n) is 7.07. The number of anilines is 1. The third-order valence-electron chi connectivity index (χ3n) is 3.92. The first-order valence-corrected chi connectivity index (χ1v) is 8.45. The summed E-state index contributed by atoms with van der Waals surface area (Å²) in [6, 6.07) is 6.62. The molecule has 3 atom stereocenters. The molecule has 0 saturated carbocycles. The lowest BCUT2D eigenvalue weighted by molar-refractivity contribution is 0.0695. The number of carbonyl (C=O) groups excluding carboxylic acids is 2. The maximum absolute atomic E-state index is 12.7. The predicted octanol–water partition coefficient (Wildman–Crippen LogP) is 1.85. The average molecular weight is 324 g/mol. The average Bonchev–Trinajstić information content (AvgIpc) is 2.52. The van der Waals surface area contributed by atoms with Crippen LogP contribution < -0.4 is 5.32 Å². The molecule has 120 valence electrons. The summed E-state index contributed by atoms with van der Waals surface area (Å²) in [6.45, 7) is 4.29. The second-order valence-electron chi connectivity index (χ2n) is 5.23. The van der Waals surface area contributed by atoms with E-state index in [0.717, 1.165) is 0 Å². The number of amides is 2. The van der Waals surface area contributed by atoms with E-state index in [1.807, 2.05) is 13.8 Å². The number of ether oxygens (including phenoxy) is 1. The molecule has 1 aliphatic rings. The summed E-state index contributed by atoms with van der Waals surface area (Å²) in [5, 5.41) is 2.49. The summed E-state index contributed by atoms with van der Waals surface area (Å²) >= 11 is 0. The fourth-order valence-electron chi connectivity index (χ4n) is 2.40. The van der Waals surface area contributed by atoms with Crippen LogP contribution in [0.3, 0.4) is 0 Å². The Bertz CT molecular complexity index is 605. The Morgan fingerprint density at radius 1 is 1.36 bits per heavy atom. The van der Waals surface area contributed by atoms with Crippen molar-refractivity contribution in [3.05, 3.63) is 29.8 Å². The number of hydrogen-bond acceptors (Lipinski definition) is 4. The number of carbonyl (C=O) groups is 2. The third kappa shape index (κ3) is 3.47. The van der Waals surface area contributed by atoms with Gasteiger partial charge in [-0.05, 0) is 32.0 Å². The molecule has 1 aromatic carbocycles. The summed E-state index contributed by atoms with van der Waals surface area (Å²) < 4.78 is 16.4. The molecular formula is C15H20N2O4S. The Morgan fingerprint density at radius 3 is 2.77 bits per heavy atom. The number of benzene rings is 1. The van der Waals surface area contributed by atoms with Crippen molar-refractivity contribution in [2.45, 2.75) is 25.1 Å². The van der Waals surface area contributed by atoms with Crippen LogP contribution in [0.25, 0.3) is 0 Å². The van der Waals surface area contributed by atoms with Crippen molar-refractivity contribution in [2.75, 3.05) is 24.7 Å². The van der Waals surface area contributed by atoms with Crippen LogP contribution in [0.2, 0.25) is 0 Å². The summed E-state index contributed by atoms with van der Waals surface area (Å²) in [5.41, 5.74) is 0.986. The summed E-state index contributed by atoms with van der Waals surface area (Å²) in [6.07, 6.45) is -0.583. The van der Waals surface area contributed by atoms with Crippen LogP contribution in [0.1, 0.15) is 24.2 Å². The molecule has 1 aliphatic heterocycles. The topological polar surface area (TPSA) is 75.7 Å². The number of nitrogens with zero attached hydrogens (tertiary/aromatic N) is 1. The van der Waals surface area contributed by atoms with E-state index in [9.17, 15) is 13.8 Å². The van der Waals surface area contributed by atoms with Crippen molar-refractivity contribution in [3.63, 3.8) is 0 Å². The minimum absolute atomic E-state index is 0.0472. The van der Waals surface area contributed by atoms with E-state index in [0.29, 0.717) is 23.5 Å². The van der Waals surface area contributed by atoms with E-state index in [1.54, 1.807) is 29.2 Å². The third-order valence-corrected chi connectivity index (χ3v) is 5.73. The number of nitrogens with one attached hydrogen (secondary N) is 1. The molecule has 6 nitrogen and oxygen atoms in total. The molecule has 0 radical (unpaired) electrons. The molecule has 22 heavy (non-hydrogen) atoms. The first-order chi connectivity index (χ1) is 10.4. The van der Waals surface area contributed by atoms with Crippen molar-refractivity contribution in [3.8, 4) is 0 Å². The van der Waals surface area contributed by atoms with Gasteiger partial charge in [0.1, 0.15) is 0 Å². The SMILES string of the molecule is COC(=O)Nc1cccc(C(=O)N2CC[S@](=O)[C@@H](C)[C@H]2C)c1. The van der Waals surface area contributed by atoms with E-state index >= 15 is 0 Å². The summed E-state index contributed by atoms with van der Waals surface area (Å²) in [4.78, 5) is 25.6. The minimum Gasteiger partial charge on any atom is -0.453 e. The van der Waals surface area contributed by atoms with Crippen molar-refractivity contribution >= 4 is 28.5 Å². The van der Waals surface area contributed by atoms with Gasteiger partial charge in [0.05, 0.1) is 12.4 Å². The molecule has 1 heterocycles. The number of rotatable bonds is 2. The molecule has 2 amide bonds. The van der Waals surface area contributed by atoms with Crippen LogP contribution in [0, 0.1) is 0 Å². The number of methoxy groups -OCH3 is 1. The smallest absolute Gasteiger partial charge is 0.411 e. The van der Waals surface area contributed by atoms with E-state index in [2.05, 4.69) is 10.1 Å². The van der Waals surface area contributed by atoms with Gasteiger partial charge in [-0.1, -0.05) is 6.07 Å². The molecule has 1 fully saturated rings. The quantitative estimate of drug-likeness (QED) is 0.901. The van der Waals surface area contributed by atoms with Crippen molar-refractivity contribution in [2.24, 2.45) is 0 Å². The Balaban J connectivity index is 2.17. The molecule has 7 heteroatoms. The first kappa shape index (κ1) is 16.5. The van der Waals surface area contributed by atoms with E-state index in [4.69, 9.17) is 0 Å². The fraction of sp³-hybridized carbons (Fsp3) is 0.467. The molecule has 0 spiro atoms. The van der Waals surface area contributed by atoms with Crippen LogP contribution in [0.4, 0.5) is 10.5 Å². The Morgan fingerprint density at radius 2 is 2.09 bits per heavy atom. The zero-order valence-corrected chi connectivity index (χ0v) is 13.7. The number of hydrogen-bond donors (Lipinski definition) is 1. The van der Waals surface area contributed by atoms with E-state index in [1.165, 1.54) is 7.11 Å². The van der Waals surface area contributed by atoms with Crippen LogP contribution >= 0.6 is 0 Å². The fourth-order valence-corrected chi connectivity index (χ4v) is 3.74. The highest BCUT2D eigenvalue weighted by Crippen LogP contribution is 2.20. The van der Waals surface area contributed by atoms with Crippen LogP contribution in [-0.2, 0) is 15.5 Å². The highest BCUT2D eigenvalue weighted by Gasteiger charge is 2.33. The van der Waals surface area contributed by atoms with Crippen molar-refractivity contribution in [1.29, 1.82) is 0 Å². The molecule has 0 aliphatic carbocycles. The summed E-state index contributed by atoms with van der Waals surface area (Å²) in [7, 11) is 0.389. The van der Waals surface area contributed by atoms with Gasteiger partial charge in [0.15, 0.2) is 0 Å². The minimum atomic E-state index is -0.890. The lowest BCUT2D eigenvalue weighted by Crippen LogP contribution is -2.52. The monoisotopic (exact) mass is 324 g/mol. The van der Waals surface area contributed by atoms with Gasteiger partial charge in [0.25, 0.3) is 5.91 Å². The van der Waals surface area contributed by atoms with Gasteiger partial charge >= 0.3 is 6.09 Å². The Labute approximate surface area is 132 Å².